The van der Waals surface area contributed by atoms with Gasteiger partial charge in [-0.25, -0.2) is 0 Å². The number of aryl methyl sites for hydroxylation is 3. The Morgan fingerprint density at radius 2 is 1.80 bits per heavy atom. The summed E-state index contributed by atoms with van der Waals surface area (Å²) in [4.78, 5) is 9.42. The van der Waals surface area contributed by atoms with Crippen molar-refractivity contribution in [2.24, 2.45) is 5.92 Å². The molecule has 0 N–H and O–H groups in total. The summed E-state index contributed by atoms with van der Waals surface area (Å²) in [5.41, 5.74) is 8.52. The van der Waals surface area contributed by atoms with Gasteiger partial charge in [-0.1, -0.05) is 30.5 Å². The highest BCUT2D eigenvalue weighted by Crippen LogP contribution is 2.35. The van der Waals surface area contributed by atoms with Gasteiger partial charge in [-0.15, -0.1) is 0 Å². The van der Waals surface area contributed by atoms with Gasteiger partial charge in [-0.3, -0.25) is 9.97 Å². The number of nitrogens with zero attached hydrogens (tertiary/aromatic N) is 4. The van der Waals surface area contributed by atoms with Gasteiger partial charge in [0.15, 0.2) is 0 Å². The number of hydrogen-bond donors (Lipinski definition) is 0. The van der Waals surface area contributed by atoms with E-state index in [1.165, 1.54) is 37.6 Å². The van der Waals surface area contributed by atoms with Gasteiger partial charge in [0, 0.05) is 53.1 Å². The zero-order valence-electron chi connectivity index (χ0n) is 18.0. The van der Waals surface area contributed by atoms with Gasteiger partial charge >= 0.3 is 0 Å². The van der Waals surface area contributed by atoms with Crippen molar-refractivity contribution in [1.29, 1.82) is 0 Å². The van der Waals surface area contributed by atoms with Crippen molar-refractivity contribution in [2.45, 2.75) is 59.4 Å². The Labute approximate surface area is 177 Å². The third-order valence-corrected chi connectivity index (χ3v) is 6.44. The fraction of sp³-hybridized carbons (Fsp3) is 0.400. The topological polar surface area (TPSA) is 56.7 Å². The summed E-state index contributed by atoms with van der Waals surface area (Å²) in [5, 5.41) is 4.13. The lowest BCUT2D eigenvalue weighted by atomic mass is 9.89. The van der Waals surface area contributed by atoms with E-state index in [4.69, 9.17) is 9.51 Å². The summed E-state index contributed by atoms with van der Waals surface area (Å²) in [6.45, 7) is 7.01. The highest BCUT2D eigenvalue weighted by atomic mass is 16.5. The largest absolute Gasteiger partial charge is 0.361 e. The standard InChI is InChI=1S/C25H28N4O/c1-16-9-10-20(12-26-16)22-15-29(14-19-7-5-4-6-8-19)23-11-21(13-27-25(22)23)24-17(2)28-30-18(24)3/h9-13,15,19H,4-8,14H2,1-3H3. The zero-order chi connectivity index (χ0) is 20.7. The van der Waals surface area contributed by atoms with Crippen LogP contribution in [-0.4, -0.2) is 19.7 Å². The van der Waals surface area contributed by atoms with Crippen LogP contribution in [0, 0.1) is 26.7 Å². The van der Waals surface area contributed by atoms with Crippen molar-refractivity contribution in [3.63, 3.8) is 0 Å². The van der Waals surface area contributed by atoms with Gasteiger partial charge in [-0.2, -0.15) is 0 Å². The molecule has 0 aromatic carbocycles. The molecule has 0 bridgehead atoms. The summed E-state index contributed by atoms with van der Waals surface area (Å²) >= 11 is 0. The van der Waals surface area contributed by atoms with Gasteiger partial charge in [0.2, 0.25) is 0 Å². The van der Waals surface area contributed by atoms with Crippen LogP contribution in [0.3, 0.4) is 0 Å². The van der Waals surface area contributed by atoms with Crippen molar-refractivity contribution in [1.82, 2.24) is 19.7 Å². The molecule has 0 amide bonds. The van der Waals surface area contributed by atoms with Crippen LogP contribution in [-0.2, 0) is 6.54 Å². The second-order valence-electron chi connectivity index (χ2n) is 8.68. The Morgan fingerprint density at radius 3 is 2.50 bits per heavy atom. The highest BCUT2D eigenvalue weighted by molar-refractivity contribution is 5.94. The van der Waals surface area contributed by atoms with E-state index in [2.05, 4.69) is 39.1 Å². The van der Waals surface area contributed by atoms with Crippen LogP contribution in [0.2, 0.25) is 0 Å². The first-order chi connectivity index (χ1) is 14.6. The Bertz CT molecular complexity index is 1160. The minimum atomic E-state index is 0.737. The molecule has 1 aliphatic carbocycles. The van der Waals surface area contributed by atoms with E-state index < -0.39 is 0 Å². The molecule has 1 saturated carbocycles. The molecule has 0 aliphatic heterocycles. The molecule has 0 unspecified atom stereocenters. The number of aromatic nitrogens is 4. The van der Waals surface area contributed by atoms with E-state index in [-0.39, 0.29) is 0 Å². The highest BCUT2D eigenvalue weighted by Gasteiger charge is 2.20. The van der Waals surface area contributed by atoms with Gasteiger partial charge in [0.1, 0.15) is 5.76 Å². The van der Waals surface area contributed by atoms with E-state index in [0.717, 1.165) is 57.4 Å². The smallest absolute Gasteiger partial charge is 0.141 e. The maximum atomic E-state index is 5.41. The second kappa shape index (κ2) is 7.71. The predicted octanol–water partition coefficient (Wildman–Crippen LogP) is 6.26. The fourth-order valence-electron chi connectivity index (χ4n) is 4.84. The Morgan fingerprint density at radius 1 is 1.00 bits per heavy atom. The first-order valence-corrected chi connectivity index (χ1v) is 11.0. The van der Waals surface area contributed by atoms with E-state index in [9.17, 15) is 0 Å². The number of hydrogen-bond acceptors (Lipinski definition) is 4. The molecule has 4 aromatic heterocycles. The van der Waals surface area contributed by atoms with Crippen molar-refractivity contribution in [3.8, 4) is 22.3 Å². The van der Waals surface area contributed by atoms with Gasteiger partial charge < -0.3 is 9.09 Å². The molecule has 0 spiro atoms. The number of fused-ring (bicyclic) bond motifs is 1. The molecule has 4 heterocycles. The van der Waals surface area contributed by atoms with Crippen molar-refractivity contribution in [3.05, 3.63) is 53.9 Å². The number of pyridine rings is 2. The van der Waals surface area contributed by atoms with Crippen LogP contribution in [0.15, 0.2) is 41.3 Å². The fourth-order valence-corrected chi connectivity index (χ4v) is 4.84. The van der Waals surface area contributed by atoms with Crippen molar-refractivity contribution in [2.75, 3.05) is 0 Å². The minimum absolute atomic E-state index is 0.737. The van der Waals surface area contributed by atoms with E-state index in [0.29, 0.717) is 0 Å². The van der Waals surface area contributed by atoms with Crippen LogP contribution >= 0.6 is 0 Å². The molecule has 30 heavy (non-hydrogen) atoms. The summed E-state index contributed by atoms with van der Waals surface area (Å²) < 4.78 is 7.82. The van der Waals surface area contributed by atoms with Gasteiger partial charge in [0.05, 0.1) is 16.7 Å². The van der Waals surface area contributed by atoms with Crippen LogP contribution in [0.1, 0.15) is 49.3 Å². The summed E-state index contributed by atoms with van der Waals surface area (Å²) in [5.74, 6) is 1.57. The first kappa shape index (κ1) is 19.0. The maximum absolute atomic E-state index is 5.41. The molecule has 5 rings (SSSR count). The predicted molar refractivity (Wildman–Crippen MR) is 119 cm³/mol. The zero-order valence-corrected chi connectivity index (χ0v) is 18.0. The molecular weight excluding hydrogens is 372 g/mol. The van der Waals surface area contributed by atoms with Crippen LogP contribution < -0.4 is 0 Å². The molecule has 0 saturated heterocycles. The second-order valence-corrected chi connectivity index (χ2v) is 8.68. The van der Waals surface area contributed by atoms with Crippen molar-refractivity contribution >= 4 is 11.0 Å². The molecule has 1 aliphatic rings. The monoisotopic (exact) mass is 400 g/mol. The lowest BCUT2D eigenvalue weighted by molar-refractivity contribution is 0.323. The molecule has 4 aromatic rings. The average molecular weight is 401 g/mol. The van der Waals surface area contributed by atoms with Gasteiger partial charge in [0.25, 0.3) is 0 Å². The van der Waals surface area contributed by atoms with Crippen LogP contribution in [0.25, 0.3) is 33.3 Å². The maximum Gasteiger partial charge on any atom is 0.141 e. The average Bonchev–Trinajstić information content (AvgIpc) is 3.28. The molecule has 0 radical (unpaired) electrons. The van der Waals surface area contributed by atoms with E-state index in [1.807, 2.05) is 33.2 Å². The summed E-state index contributed by atoms with van der Waals surface area (Å²) in [6.07, 6.45) is 12.9. The van der Waals surface area contributed by atoms with E-state index in [1.54, 1.807) is 0 Å². The first-order valence-electron chi connectivity index (χ1n) is 11.0. The molecule has 0 atom stereocenters. The third kappa shape index (κ3) is 3.42. The molecule has 5 heteroatoms. The lowest BCUT2D eigenvalue weighted by Crippen LogP contribution is -2.13. The van der Waals surface area contributed by atoms with Gasteiger partial charge in [-0.05, 0) is 51.7 Å². The molecule has 154 valence electrons. The van der Waals surface area contributed by atoms with E-state index >= 15 is 0 Å². The molecular formula is C25H28N4O. The summed E-state index contributed by atoms with van der Waals surface area (Å²) in [7, 11) is 0. The van der Waals surface area contributed by atoms with Crippen LogP contribution in [0.4, 0.5) is 0 Å². The number of rotatable bonds is 4. The Hall–Kier alpha value is -2.95. The molecule has 5 nitrogen and oxygen atoms in total. The molecule has 1 fully saturated rings. The normalized spacial score (nSPS) is 15.2. The third-order valence-electron chi connectivity index (χ3n) is 6.44. The van der Waals surface area contributed by atoms with Crippen molar-refractivity contribution < 1.29 is 4.52 Å². The summed E-state index contributed by atoms with van der Waals surface area (Å²) in [6, 6.07) is 6.46. The lowest BCUT2D eigenvalue weighted by Gasteiger charge is -2.22. The Balaban J connectivity index is 1.65. The minimum Gasteiger partial charge on any atom is -0.361 e. The Kier molecular flexibility index (Phi) is 4.89. The van der Waals surface area contributed by atoms with Crippen LogP contribution in [0.5, 0.6) is 0 Å². The SMILES string of the molecule is Cc1ccc(-c2cn(CC3CCCCC3)c3cc(-c4c(C)noc4C)cnc23)cn1. The quantitative estimate of drug-likeness (QED) is 0.406.